The predicted octanol–water partition coefficient (Wildman–Crippen LogP) is 0.814. The van der Waals surface area contributed by atoms with Crippen LogP contribution in [-0.2, 0) is 13.1 Å². The minimum absolute atomic E-state index is 0.118. The summed E-state index contributed by atoms with van der Waals surface area (Å²) < 4.78 is 2.79. The molecule has 0 aliphatic heterocycles. The zero-order valence-electron chi connectivity index (χ0n) is 14.2. The molecule has 11 heteroatoms. The molecule has 2 N–H and O–H groups in total. The quantitative estimate of drug-likeness (QED) is 0.548. The summed E-state index contributed by atoms with van der Waals surface area (Å²) >= 11 is 6.12. The Balaban J connectivity index is 1.60. The zero-order chi connectivity index (χ0) is 19.0. The fourth-order valence-electron chi connectivity index (χ4n) is 2.63. The molecule has 27 heavy (non-hydrogen) atoms. The van der Waals surface area contributed by atoms with Gasteiger partial charge in [0.2, 0.25) is 0 Å². The van der Waals surface area contributed by atoms with Crippen LogP contribution >= 0.6 is 11.6 Å². The van der Waals surface area contributed by atoms with E-state index in [9.17, 15) is 4.79 Å². The number of anilines is 1. The molecule has 3 aromatic heterocycles. The van der Waals surface area contributed by atoms with E-state index >= 15 is 0 Å². The van der Waals surface area contributed by atoms with E-state index in [0.717, 1.165) is 5.56 Å². The number of nitrogens with two attached hydrogens (primary N) is 1. The van der Waals surface area contributed by atoms with Gasteiger partial charge in [-0.25, -0.2) is 19.3 Å². The maximum Gasteiger partial charge on any atom is 0.279 e. The first-order valence-electron chi connectivity index (χ1n) is 8.00. The van der Waals surface area contributed by atoms with Crippen LogP contribution in [0.4, 0.5) is 5.82 Å². The van der Waals surface area contributed by atoms with E-state index in [1.165, 1.54) is 4.68 Å². The van der Waals surface area contributed by atoms with Crippen molar-refractivity contribution in [3.05, 3.63) is 63.1 Å². The Morgan fingerprint density at radius 3 is 2.85 bits per heavy atom. The van der Waals surface area contributed by atoms with Gasteiger partial charge in [0, 0.05) is 11.8 Å². The Morgan fingerprint density at radius 2 is 2.04 bits per heavy atom. The molecule has 0 bridgehead atoms. The van der Waals surface area contributed by atoms with E-state index in [-0.39, 0.29) is 12.1 Å². The summed E-state index contributed by atoms with van der Waals surface area (Å²) in [5.41, 5.74) is 7.28. The minimum atomic E-state index is -0.337. The summed E-state index contributed by atoms with van der Waals surface area (Å²) in [4.78, 5) is 20.9. The maximum atomic E-state index is 12.6. The van der Waals surface area contributed by atoms with Crippen LogP contribution in [-0.4, -0.2) is 40.0 Å². The first kappa shape index (κ1) is 17.0. The monoisotopic (exact) mass is 383 g/mol. The fraction of sp³-hybridized carbons (Fsp3) is 0.188. The van der Waals surface area contributed by atoms with Crippen LogP contribution in [0.25, 0.3) is 10.9 Å². The van der Waals surface area contributed by atoms with Gasteiger partial charge in [0.05, 0.1) is 29.7 Å². The predicted molar refractivity (Wildman–Crippen MR) is 98.2 cm³/mol. The average molecular weight is 384 g/mol. The maximum absolute atomic E-state index is 12.6. The topological polar surface area (TPSA) is 130 Å². The lowest BCUT2D eigenvalue weighted by Gasteiger charge is -2.04. The minimum Gasteiger partial charge on any atom is -0.383 e. The number of hydrogen-bond acceptors (Lipinski definition) is 8. The second-order valence-corrected chi connectivity index (χ2v) is 6.33. The van der Waals surface area contributed by atoms with Crippen molar-refractivity contribution in [2.45, 2.75) is 20.0 Å². The van der Waals surface area contributed by atoms with Crippen molar-refractivity contribution in [1.29, 1.82) is 0 Å². The summed E-state index contributed by atoms with van der Waals surface area (Å²) in [6.45, 7) is 2.25. The van der Waals surface area contributed by atoms with Gasteiger partial charge in [-0.3, -0.25) is 4.79 Å². The molecule has 0 fully saturated rings. The highest BCUT2D eigenvalue weighted by Gasteiger charge is 2.12. The molecule has 0 amide bonds. The molecule has 0 aliphatic rings. The molecule has 4 aromatic rings. The zero-order valence-corrected chi connectivity index (χ0v) is 15.0. The van der Waals surface area contributed by atoms with Crippen LogP contribution in [0.2, 0.25) is 5.02 Å². The van der Waals surface area contributed by atoms with Gasteiger partial charge in [0.25, 0.3) is 5.56 Å². The van der Waals surface area contributed by atoms with Crippen LogP contribution in [0.15, 0.2) is 35.4 Å². The lowest BCUT2D eigenvalue weighted by molar-refractivity contribution is 0.590. The number of nitrogens with zero attached hydrogens (tertiary/aromatic N) is 8. The Hall–Kier alpha value is -3.40. The van der Waals surface area contributed by atoms with E-state index in [1.54, 1.807) is 42.2 Å². The number of aromatic nitrogens is 8. The Bertz CT molecular complexity index is 1200. The number of nitrogen functional groups attached to an aromatic ring is 1. The summed E-state index contributed by atoms with van der Waals surface area (Å²) in [6, 6.07) is 5.04. The first-order chi connectivity index (χ1) is 13.0. The van der Waals surface area contributed by atoms with Gasteiger partial charge in [0.1, 0.15) is 22.9 Å². The van der Waals surface area contributed by atoms with Gasteiger partial charge in [0.15, 0.2) is 0 Å². The van der Waals surface area contributed by atoms with E-state index < -0.39 is 0 Å². The van der Waals surface area contributed by atoms with E-state index in [2.05, 4.69) is 30.6 Å². The second kappa shape index (κ2) is 6.72. The van der Waals surface area contributed by atoms with Crippen LogP contribution in [0.3, 0.4) is 0 Å². The molecule has 0 unspecified atom stereocenters. The molecule has 0 radical (unpaired) electrons. The lowest BCUT2D eigenvalue weighted by Crippen LogP contribution is -2.25. The molecular formula is C16H14ClN9O. The molecule has 0 atom stereocenters. The van der Waals surface area contributed by atoms with Gasteiger partial charge >= 0.3 is 0 Å². The average Bonchev–Trinajstić information content (AvgIpc) is 3.07. The van der Waals surface area contributed by atoms with Crippen molar-refractivity contribution in [2.24, 2.45) is 0 Å². The summed E-state index contributed by atoms with van der Waals surface area (Å²) in [7, 11) is 0. The summed E-state index contributed by atoms with van der Waals surface area (Å²) in [6.07, 6.45) is 3.35. The molecule has 0 saturated carbocycles. The molecule has 10 nitrogen and oxygen atoms in total. The normalized spacial score (nSPS) is 11.2. The lowest BCUT2D eigenvalue weighted by atomic mass is 10.2. The number of hydrogen-bond donors (Lipinski definition) is 1. The van der Waals surface area contributed by atoms with Crippen molar-refractivity contribution in [1.82, 2.24) is 40.0 Å². The molecule has 0 spiro atoms. The first-order valence-corrected chi connectivity index (χ1v) is 8.38. The molecule has 136 valence electrons. The van der Waals surface area contributed by atoms with Gasteiger partial charge < -0.3 is 5.73 Å². The number of fused-ring (bicyclic) bond motifs is 1. The van der Waals surface area contributed by atoms with Crippen molar-refractivity contribution < 1.29 is 0 Å². The SMILES string of the molecule is Cc1ncc(Cn2cc(Cn3nnc4cccc(Cl)c4c3=O)nn2)c(N)n1. The van der Waals surface area contributed by atoms with Gasteiger partial charge in [-0.1, -0.05) is 28.1 Å². The highest BCUT2D eigenvalue weighted by molar-refractivity contribution is 6.35. The summed E-state index contributed by atoms with van der Waals surface area (Å²) in [5, 5.41) is 16.7. The van der Waals surface area contributed by atoms with Gasteiger partial charge in [-0.05, 0) is 19.1 Å². The van der Waals surface area contributed by atoms with Crippen LogP contribution in [0, 0.1) is 6.92 Å². The molecule has 0 saturated heterocycles. The van der Waals surface area contributed by atoms with E-state index in [1.807, 2.05) is 0 Å². The fourth-order valence-corrected chi connectivity index (χ4v) is 2.88. The van der Waals surface area contributed by atoms with Crippen molar-refractivity contribution in [3.8, 4) is 0 Å². The molecule has 4 rings (SSSR count). The number of aryl methyl sites for hydroxylation is 1. The Morgan fingerprint density at radius 1 is 1.19 bits per heavy atom. The van der Waals surface area contributed by atoms with Crippen LogP contribution in [0.5, 0.6) is 0 Å². The molecular weight excluding hydrogens is 370 g/mol. The van der Waals surface area contributed by atoms with Crippen molar-refractivity contribution in [2.75, 3.05) is 5.73 Å². The van der Waals surface area contributed by atoms with Crippen LogP contribution in [0.1, 0.15) is 17.1 Å². The largest absolute Gasteiger partial charge is 0.383 e. The second-order valence-electron chi connectivity index (χ2n) is 5.92. The third-order valence-electron chi connectivity index (χ3n) is 3.95. The molecule has 1 aromatic carbocycles. The summed E-state index contributed by atoms with van der Waals surface area (Å²) in [5.74, 6) is 0.995. The third-order valence-corrected chi connectivity index (χ3v) is 4.26. The smallest absolute Gasteiger partial charge is 0.279 e. The molecule has 3 heterocycles. The highest BCUT2D eigenvalue weighted by Crippen LogP contribution is 2.17. The van der Waals surface area contributed by atoms with Crippen LogP contribution < -0.4 is 11.3 Å². The third kappa shape index (κ3) is 3.34. The van der Waals surface area contributed by atoms with Gasteiger partial charge in [-0.15, -0.1) is 10.2 Å². The highest BCUT2D eigenvalue weighted by atomic mass is 35.5. The Labute approximate surface area is 157 Å². The Kier molecular flexibility index (Phi) is 4.24. The van der Waals surface area contributed by atoms with Crippen molar-refractivity contribution >= 4 is 28.3 Å². The van der Waals surface area contributed by atoms with E-state index in [4.69, 9.17) is 17.3 Å². The number of benzene rings is 1. The number of halogens is 1. The molecule has 0 aliphatic carbocycles. The standard InChI is InChI=1S/C16H14ClN9O/c1-9-19-5-10(15(18)20-9)6-25-7-11(21-23-25)8-26-16(27)14-12(17)3-2-4-13(14)22-24-26/h2-5,7H,6,8H2,1H3,(H2,18,19,20). The van der Waals surface area contributed by atoms with Gasteiger partial charge in [-0.2, -0.15) is 0 Å². The number of rotatable bonds is 4. The van der Waals surface area contributed by atoms with E-state index in [0.29, 0.717) is 39.8 Å². The van der Waals surface area contributed by atoms with Crippen molar-refractivity contribution in [3.63, 3.8) is 0 Å².